The van der Waals surface area contributed by atoms with E-state index in [1.807, 2.05) is 18.2 Å². The number of rotatable bonds is 4. The van der Waals surface area contributed by atoms with Crippen molar-refractivity contribution in [2.75, 3.05) is 13.1 Å². The molecule has 7 heteroatoms. The van der Waals surface area contributed by atoms with Crippen molar-refractivity contribution < 1.29 is 4.79 Å². The van der Waals surface area contributed by atoms with Gasteiger partial charge < -0.3 is 10.6 Å². The number of hydrogen-bond donors (Lipinski definition) is 2. The number of thiazole rings is 1. The summed E-state index contributed by atoms with van der Waals surface area (Å²) >= 11 is 7.62. The van der Waals surface area contributed by atoms with Gasteiger partial charge >= 0.3 is 0 Å². The van der Waals surface area contributed by atoms with Crippen LogP contribution in [0.25, 0.3) is 10.2 Å². The van der Waals surface area contributed by atoms with Crippen LogP contribution in [0.4, 0.5) is 0 Å². The Hall–Kier alpha value is -0.880. The van der Waals surface area contributed by atoms with E-state index in [1.165, 1.54) is 0 Å². The van der Waals surface area contributed by atoms with Gasteiger partial charge in [0.2, 0.25) is 5.91 Å². The van der Waals surface area contributed by atoms with E-state index in [4.69, 9.17) is 11.6 Å². The van der Waals surface area contributed by atoms with Gasteiger partial charge in [-0.15, -0.1) is 23.7 Å². The van der Waals surface area contributed by atoms with Crippen molar-refractivity contribution in [1.29, 1.82) is 0 Å². The third-order valence-electron chi connectivity index (χ3n) is 3.66. The van der Waals surface area contributed by atoms with Gasteiger partial charge in [-0.25, -0.2) is 4.98 Å². The van der Waals surface area contributed by atoms with Gasteiger partial charge in [-0.2, -0.15) is 0 Å². The van der Waals surface area contributed by atoms with E-state index >= 15 is 0 Å². The molecule has 1 saturated heterocycles. The predicted molar refractivity (Wildman–Crippen MR) is 94.2 cm³/mol. The van der Waals surface area contributed by atoms with Crippen molar-refractivity contribution in [2.45, 2.75) is 31.7 Å². The summed E-state index contributed by atoms with van der Waals surface area (Å²) in [5, 5.41) is 7.99. The molecule has 1 amide bonds. The minimum atomic E-state index is -0.0204. The second-order valence-corrected chi connectivity index (χ2v) is 6.81. The van der Waals surface area contributed by atoms with E-state index in [9.17, 15) is 4.79 Å². The van der Waals surface area contributed by atoms with E-state index in [0.29, 0.717) is 11.6 Å². The van der Waals surface area contributed by atoms with Gasteiger partial charge in [0.05, 0.1) is 21.3 Å². The average Bonchev–Trinajstić information content (AvgIpc) is 2.89. The van der Waals surface area contributed by atoms with Gasteiger partial charge in [0.15, 0.2) is 0 Å². The zero-order valence-corrected chi connectivity index (χ0v) is 14.5. The molecule has 2 heterocycles. The van der Waals surface area contributed by atoms with Crippen molar-refractivity contribution in [3.8, 4) is 0 Å². The quantitative estimate of drug-likeness (QED) is 0.881. The largest absolute Gasteiger partial charge is 0.354 e. The lowest BCUT2D eigenvalue weighted by Crippen LogP contribution is -2.47. The number of fused-ring (bicyclic) bond motifs is 1. The van der Waals surface area contributed by atoms with Crippen LogP contribution >= 0.6 is 35.3 Å². The minimum absolute atomic E-state index is 0. The van der Waals surface area contributed by atoms with Crippen molar-refractivity contribution >= 4 is 51.5 Å². The number of piperidine rings is 1. The molecule has 1 aromatic heterocycles. The first-order valence-corrected chi connectivity index (χ1v) is 8.48. The van der Waals surface area contributed by atoms with Crippen LogP contribution in [0, 0.1) is 0 Å². The highest BCUT2D eigenvalue weighted by Gasteiger charge is 2.19. The van der Waals surface area contributed by atoms with Crippen molar-refractivity contribution in [1.82, 2.24) is 15.6 Å². The van der Waals surface area contributed by atoms with Crippen LogP contribution in [-0.4, -0.2) is 30.0 Å². The number of aromatic nitrogens is 1. The maximum Gasteiger partial charge on any atom is 0.237 e. The molecule has 0 bridgehead atoms. The van der Waals surface area contributed by atoms with Crippen LogP contribution in [0.3, 0.4) is 0 Å². The first kappa shape index (κ1) is 17.5. The molecule has 0 aliphatic carbocycles. The molecular formula is C15H19Cl2N3OS. The van der Waals surface area contributed by atoms with Crippen LogP contribution in [0.1, 0.15) is 24.3 Å². The topological polar surface area (TPSA) is 54.0 Å². The van der Waals surface area contributed by atoms with Crippen LogP contribution < -0.4 is 10.6 Å². The zero-order chi connectivity index (χ0) is 14.7. The average molecular weight is 360 g/mol. The molecular weight excluding hydrogens is 341 g/mol. The fourth-order valence-corrected chi connectivity index (χ4v) is 3.66. The summed E-state index contributed by atoms with van der Waals surface area (Å²) in [6.45, 7) is 1.57. The summed E-state index contributed by atoms with van der Waals surface area (Å²) in [4.78, 5) is 16.5. The molecule has 1 aliphatic heterocycles. The lowest BCUT2D eigenvalue weighted by atomic mass is 10.0. The van der Waals surface area contributed by atoms with E-state index in [-0.39, 0.29) is 24.4 Å². The summed E-state index contributed by atoms with van der Waals surface area (Å²) in [6.07, 6.45) is 3.99. The molecule has 22 heavy (non-hydrogen) atoms. The fraction of sp³-hybridized carbons (Fsp3) is 0.467. The molecule has 3 rings (SSSR count). The number of nitrogens with zero attached hydrogens (tertiary/aromatic N) is 1. The van der Waals surface area contributed by atoms with Crippen molar-refractivity contribution in [2.24, 2.45) is 0 Å². The molecule has 1 unspecified atom stereocenters. The van der Waals surface area contributed by atoms with Gasteiger partial charge in [0.1, 0.15) is 0 Å². The van der Waals surface area contributed by atoms with E-state index in [2.05, 4.69) is 15.6 Å². The summed E-state index contributed by atoms with van der Waals surface area (Å²) in [5.41, 5.74) is 0.933. The maximum absolute atomic E-state index is 12.0. The molecule has 0 radical (unpaired) electrons. The van der Waals surface area contributed by atoms with Gasteiger partial charge in [-0.1, -0.05) is 18.0 Å². The maximum atomic E-state index is 12.0. The highest BCUT2D eigenvalue weighted by molar-refractivity contribution is 7.18. The highest BCUT2D eigenvalue weighted by atomic mass is 35.5. The first-order chi connectivity index (χ1) is 10.2. The van der Waals surface area contributed by atoms with E-state index in [0.717, 1.165) is 47.5 Å². The molecule has 1 aromatic carbocycles. The number of hydrogen-bond acceptors (Lipinski definition) is 4. The summed E-state index contributed by atoms with van der Waals surface area (Å²) in [7, 11) is 0. The predicted octanol–water partition coefficient (Wildman–Crippen LogP) is 3.17. The van der Waals surface area contributed by atoms with Crippen LogP contribution in [-0.2, 0) is 11.2 Å². The summed E-state index contributed by atoms with van der Waals surface area (Å²) in [6, 6.07) is 5.72. The molecule has 4 nitrogen and oxygen atoms in total. The number of carbonyl (C=O) groups is 1. The normalized spacial score (nSPS) is 18.0. The Kier molecular flexibility index (Phi) is 6.44. The molecule has 1 fully saturated rings. The second-order valence-electron chi connectivity index (χ2n) is 5.26. The smallest absolute Gasteiger partial charge is 0.237 e. The standard InChI is InChI=1S/C15H18ClN3OS.ClH/c16-10-4-5-13-12(9-10)19-14(21-13)6-8-18-15(20)11-3-1-2-7-17-11;/h4-5,9,11,17H,1-3,6-8H2,(H,18,20);1H. The third kappa shape index (κ3) is 4.32. The number of nitrogens with one attached hydrogen (secondary N) is 2. The Morgan fingerprint density at radius 2 is 2.32 bits per heavy atom. The number of benzene rings is 1. The molecule has 2 aromatic rings. The fourth-order valence-electron chi connectivity index (χ4n) is 2.55. The van der Waals surface area contributed by atoms with E-state index in [1.54, 1.807) is 11.3 Å². The van der Waals surface area contributed by atoms with Gasteiger partial charge in [0, 0.05) is 18.0 Å². The SMILES string of the molecule is Cl.O=C(NCCc1nc2cc(Cl)ccc2s1)C1CCCCN1. The Bertz CT molecular complexity index is 641. The second kappa shape index (κ2) is 8.11. The van der Waals surface area contributed by atoms with Crippen molar-refractivity contribution in [3.05, 3.63) is 28.2 Å². The van der Waals surface area contributed by atoms with E-state index < -0.39 is 0 Å². The minimum Gasteiger partial charge on any atom is -0.354 e. The lowest BCUT2D eigenvalue weighted by molar-refractivity contribution is -0.123. The molecule has 0 spiro atoms. The summed E-state index contributed by atoms with van der Waals surface area (Å²) in [5.74, 6) is 0.110. The summed E-state index contributed by atoms with van der Waals surface area (Å²) < 4.78 is 1.13. The van der Waals surface area contributed by atoms with Gasteiger partial charge in [-0.05, 0) is 37.6 Å². The number of halogens is 2. The van der Waals surface area contributed by atoms with Crippen molar-refractivity contribution in [3.63, 3.8) is 0 Å². The Morgan fingerprint density at radius 1 is 1.45 bits per heavy atom. The first-order valence-electron chi connectivity index (χ1n) is 7.28. The Morgan fingerprint density at radius 3 is 3.09 bits per heavy atom. The highest BCUT2D eigenvalue weighted by Crippen LogP contribution is 2.25. The molecule has 1 atom stereocenters. The van der Waals surface area contributed by atoms with Gasteiger partial charge in [-0.3, -0.25) is 4.79 Å². The number of carbonyl (C=O) groups excluding carboxylic acids is 1. The monoisotopic (exact) mass is 359 g/mol. The zero-order valence-electron chi connectivity index (χ0n) is 12.1. The number of amides is 1. The lowest BCUT2D eigenvalue weighted by Gasteiger charge is -2.22. The molecule has 0 saturated carbocycles. The Labute approximate surface area is 145 Å². The third-order valence-corrected chi connectivity index (χ3v) is 4.99. The molecule has 120 valence electrons. The van der Waals surface area contributed by atoms with Crippen LogP contribution in [0.2, 0.25) is 5.02 Å². The van der Waals surface area contributed by atoms with Crippen LogP contribution in [0.5, 0.6) is 0 Å². The van der Waals surface area contributed by atoms with Crippen LogP contribution in [0.15, 0.2) is 18.2 Å². The van der Waals surface area contributed by atoms with Gasteiger partial charge in [0.25, 0.3) is 0 Å². The Balaban J connectivity index is 0.00000176. The molecule has 2 N–H and O–H groups in total. The molecule has 1 aliphatic rings.